The lowest BCUT2D eigenvalue weighted by Gasteiger charge is -2.18. The van der Waals surface area contributed by atoms with Crippen LogP contribution in [0.25, 0.3) is 11.3 Å². The van der Waals surface area contributed by atoms with E-state index in [0.29, 0.717) is 11.8 Å². The lowest BCUT2D eigenvalue weighted by molar-refractivity contribution is -0.119. The van der Waals surface area contributed by atoms with E-state index in [4.69, 9.17) is 0 Å². The van der Waals surface area contributed by atoms with E-state index < -0.39 is 29.1 Å². The molecular formula is C22H21F2N3O2. The number of halogens is 2. The maximum Gasteiger partial charge on any atom is 0.267 e. The number of rotatable bonds is 5. The summed E-state index contributed by atoms with van der Waals surface area (Å²) in [6.45, 7) is 5.70. The molecule has 0 fully saturated rings. The Morgan fingerprint density at radius 1 is 1.07 bits per heavy atom. The van der Waals surface area contributed by atoms with Crippen LogP contribution in [0.1, 0.15) is 30.5 Å². The summed E-state index contributed by atoms with van der Waals surface area (Å²) in [6, 6.07) is 10.7. The van der Waals surface area contributed by atoms with Crippen molar-refractivity contribution < 1.29 is 13.6 Å². The number of anilines is 1. The molecule has 0 aliphatic carbocycles. The first-order valence-electron chi connectivity index (χ1n) is 9.23. The van der Waals surface area contributed by atoms with Crippen LogP contribution in [-0.4, -0.2) is 15.7 Å². The van der Waals surface area contributed by atoms with E-state index in [1.54, 1.807) is 13.0 Å². The lowest BCUT2D eigenvalue weighted by Crippen LogP contribution is -2.34. The van der Waals surface area contributed by atoms with Crippen molar-refractivity contribution in [3.05, 3.63) is 81.6 Å². The van der Waals surface area contributed by atoms with Crippen LogP contribution in [0.5, 0.6) is 0 Å². The van der Waals surface area contributed by atoms with E-state index in [9.17, 15) is 18.4 Å². The van der Waals surface area contributed by atoms with Crippen molar-refractivity contribution in [1.82, 2.24) is 9.78 Å². The van der Waals surface area contributed by atoms with E-state index in [2.05, 4.69) is 10.4 Å². The average molecular weight is 397 g/mol. The van der Waals surface area contributed by atoms with Gasteiger partial charge in [-0.1, -0.05) is 19.1 Å². The van der Waals surface area contributed by atoms with Crippen molar-refractivity contribution in [2.45, 2.75) is 33.2 Å². The molecule has 0 aliphatic rings. The van der Waals surface area contributed by atoms with Crippen LogP contribution in [0.4, 0.5) is 14.5 Å². The SMILES string of the molecule is CCC(C(=O)Nc1ccc(F)cc1F)n1nc(-c2ccc(C)c(C)c2)ccc1=O. The third-order valence-corrected chi connectivity index (χ3v) is 4.80. The molecule has 1 amide bonds. The van der Waals surface area contributed by atoms with Gasteiger partial charge >= 0.3 is 0 Å². The minimum absolute atomic E-state index is 0.159. The number of carbonyl (C=O) groups excluding carboxylic acids is 1. The van der Waals surface area contributed by atoms with Crippen molar-refractivity contribution in [3.63, 3.8) is 0 Å². The summed E-state index contributed by atoms with van der Waals surface area (Å²) >= 11 is 0. The first kappa shape index (κ1) is 20.4. The highest BCUT2D eigenvalue weighted by atomic mass is 19.1. The molecule has 0 aliphatic heterocycles. The van der Waals surface area contributed by atoms with E-state index in [-0.39, 0.29) is 12.1 Å². The topological polar surface area (TPSA) is 64.0 Å². The standard InChI is InChI=1S/C22H21F2N3O2/c1-4-20(22(29)25-19-8-7-16(23)12-17(19)24)27-21(28)10-9-18(26-27)15-6-5-13(2)14(3)11-15/h5-12,20H,4H2,1-3H3,(H,25,29). The van der Waals surface area contributed by atoms with Gasteiger partial charge in [0.15, 0.2) is 0 Å². The summed E-state index contributed by atoms with van der Waals surface area (Å²) in [5.41, 5.74) is 2.98. The largest absolute Gasteiger partial charge is 0.322 e. The number of hydrogen-bond acceptors (Lipinski definition) is 3. The van der Waals surface area contributed by atoms with Gasteiger partial charge < -0.3 is 5.32 Å². The highest BCUT2D eigenvalue weighted by molar-refractivity contribution is 5.93. The summed E-state index contributed by atoms with van der Waals surface area (Å²) < 4.78 is 28.1. The highest BCUT2D eigenvalue weighted by Gasteiger charge is 2.22. The Morgan fingerprint density at radius 2 is 1.83 bits per heavy atom. The molecule has 0 saturated carbocycles. The minimum atomic E-state index is -0.946. The van der Waals surface area contributed by atoms with Gasteiger partial charge in [-0.25, -0.2) is 13.5 Å². The number of carbonyl (C=O) groups is 1. The summed E-state index contributed by atoms with van der Waals surface area (Å²) in [5.74, 6) is -2.24. The van der Waals surface area contributed by atoms with E-state index in [1.807, 2.05) is 32.0 Å². The van der Waals surface area contributed by atoms with Crippen LogP contribution >= 0.6 is 0 Å². The fraction of sp³-hybridized carbons (Fsp3) is 0.227. The zero-order valence-corrected chi connectivity index (χ0v) is 16.4. The molecule has 1 N–H and O–H groups in total. The van der Waals surface area contributed by atoms with Crippen LogP contribution in [0, 0.1) is 25.5 Å². The maximum absolute atomic E-state index is 13.9. The molecule has 1 unspecified atom stereocenters. The van der Waals surface area contributed by atoms with Gasteiger partial charge in [-0.15, -0.1) is 0 Å². The van der Waals surface area contributed by atoms with Crippen molar-refractivity contribution in [2.75, 3.05) is 5.32 Å². The molecule has 1 heterocycles. The maximum atomic E-state index is 13.9. The molecule has 3 rings (SSSR count). The lowest BCUT2D eigenvalue weighted by atomic mass is 10.0. The first-order chi connectivity index (χ1) is 13.8. The van der Waals surface area contributed by atoms with Crippen molar-refractivity contribution in [2.24, 2.45) is 0 Å². The fourth-order valence-corrected chi connectivity index (χ4v) is 2.98. The van der Waals surface area contributed by atoms with Crippen LogP contribution in [0.15, 0.2) is 53.3 Å². The molecule has 7 heteroatoms. The Balaban J connectivity index is 1.95. The van der Waals surface area contributed by atoms with Gasteiger partial charge in [0.2, 0.25) is 5.91 Å². The molecule has 1 atom stereocenters. The highest BCUT2D eigenvalue weighted by Crippen LogP contribution is 2.21. The molecule has 5 nitrogen and oxygen atoms in total. The first-order valence-corrected chi connectivity index (χ1v) is 9.23. The van der Waals surface area contributed by atoms with E-state index in [1.165, 1.54) is 6.07 Å². The third-order valence-electron chi connectivity index (χ3n) is 4.80. The smallest absolute Gasteiger partial charge is 0.267 e. The predicted octanol–water partition coefficient (Wildman–Crippen LogP) is 4.40. The second-order valence-corrected chi connectivity index (χ2v) is 6.84. The molecule has 29 heavy (non-hydrogen) atoms. The van der Waals surface area contributed by atoms with Gasteiger partial charge in [0.25, 0.3) is 5.56 Å². The second kappa shape index (κ2) is 8.34. The Bertz CT molecular complexity index is 1130. The van der Waals surface area contributed by atoms with Gasteiger partial charge in [0.05, 0.1) is 11.4 Å². The second-order valence-electron chi connectivity index (χ2n) is 6.84. The van der Waals surface area contributed by atoms with Crippen molar-refractivity contribution >= 4 is 11.6 Å². The van der Waals surface area contributed by atoms with E-state index in [0.717, 1.165) is 33.5 Å². The molecule has 0 bridgehead atoms. The van der Waals surface area contributed by atoms with Gasteiger partial charge in [-0.2, -0.15) is 5.10 Å². The van der Waals surface area contributed by atoms with Crippen LogP contribution in [0.3, 0.4) is 0 Å². The van der Waals surface area contributed by atoms with Crippen LogP contribution in [0.2, 0.25) is 0 Å². The van der Waals surface area contributed by atoms with Gasteiger partial charge in [0, 0.05) is 17.7 Å². The summed E-state index contributed by atoms with van der Waals surface area (Å²) in [4.78, 5) is 25.1. The number of amides is 1. The molecule has 0 saturated heterocycles. The number of hydrogen-bond donors (Lipinski definition) is 1. The Kier molecular flexibility index (Phi) is 5.87. The van der Waals surface area contributed by atoms with Crippen LogP contribution in [-0.2, 0) is 4.79 Å². The molecule has 1 aromatic heterocycles. The van der Waals surface area contributed by atoms with Gasteiger partial charge in [-0.3, -0.25) is 9.59 Å². The normalized spacial score (nSPS) is 11.9. The zero-order chi connectivity index (χ0) is 21.1. The number of benzene rings is 2. The summed E-state index contributed by atoms with van der Waals surface area (Å²) in [6.07, 6.45) is 0.262. The zero-order valence-electron chi connectivity index (χ0n) is 16.4. The Morgan fingerprint density at radius 3 is 2.48 bits per heavy atom. The van der Waals surface area contributed by atoms with Crippen LogP contribution < -0.4 is 10.9 Å². The fourth-order valence-electron chi connectivity index (χ4n) is 2.98. The number of nitrogens with one attached hydrogen (secondary N) is 1. The van der Waals surface area contributed by atoms with Crippen molar-refractivity contribution in [3.8, 4) is 11.3 Å². The third kappa shape index (κ3) is 4.39. The number of aromatic nitrogens is 2. The van der Waals surface area contributed by atoms with Gasteiger partial charge in [-0.05, 0) is 55.7 Å². The van der Waals surface area contributed by atoms with E-state index >= 15 is 0 Å². The quantitative estimate of drug-likeness (QED) is 0.694. The molecule has 150 valence electrons. The summed E-state index contributed by atoms with van der Waals surface area (Å²) in [7, 11) is 0. The Labute approximate surface area is 167 Å². The van der Waals surface area contributed by atoms with Crippen molar-refractivity contribution in [1.29, 1.82) is 0 Å². The molecule has 2 aromatic carbocycles. The molecule has 0 radical (unpaired) electrons. The molecular weight excluding hydrogens is 376 g/mol. The predicted molar refractivity (Wildman–Crippen MR) is 108 cm³/mol. The molecule has 0 spiro atoms. The summed E-state index contributed by atoms with van der Waals surface area (Å²) in [5, 5.41) is 6.78. The average Bonchev–Trinajstić information content (AvgIpc) is 2.68. The van der Waals surface area contributed by atoms with Gasteiger partial charge in [0.1, 0.15) is 17.7 Å². The Hall–Kier alpha value is -3.35. The monoisotopic (exact) mass is 397 g/mol. The number of nitrogens with zero attached hydrogens (tertiary/aromatic N) is 2. The number of aryl methyl sites for hydroxylation is 2. The minimum Gasteiger partial charge on any atom is -0.322 e. The molecule has 3 aromatic rings.